The molecule has 20 heavy (non-hydrogen) atoms. The van der Waals surface area contributed by atoms with Gasteiger partial charge in [0.2, 0.25) is 0 Å². The largest absolute Gasteiger partial charge is 0.462 e. The van der Waals surface area contributed by atoms with Crippen LogP contribution in [0.2, 0.25) is 0 Å². The average molecular weight is 282 g/mol. The maximum absolute atomic E-state index is 11.7. The summed E-state index contributed by atoms with van der Waals surface area (Å²) in [6.07, 6.45) is 14.1. The van der Waals surface area contributed by atoms with Gasteiger partial charge in [0, 0.05) is 5.57 Å². The number of esters is 1. The smallest absolute Gasteiger partial charge is 0.333 e. The van der Waals surface area contributed by atoms with E-state index in [-0.39, 0.29) is 5.97 Å². The molecule has 0 fully saturated rings. The van der Waals surface area contributed by atoms with Crippen molar-refractivity contribution in [2.75, 3.05) is 6.61 Å². The molecule has 0 bridgehead atoms. The van der Waals surface area contributed by atoms with Crippen LogP contribution in [0.5, 0.6) is 0 Å². The first-order chi connectivity index (χ1) is 9.72. The monoisotopic (exact) mass is 282 g/mol. The molecule has 0 amide bonds. The van der Waals surface area contributed by atoms with Crippen LogP contribution in [0.1, 0.15) is 90.9 Å². The van der Waals surface area contributed by atoms with Gasteiger partial charge in [-0.15, -0.1) is 0 Å². The summed E-state index contributed by atoms with van der Waals surface area (Å²) in [6.45, 7) is 8.82. The van der Waals surface area contributed by atoms with Gasteiger partial charge in [-0.25, -0.2) is 4.79 Å². The van der Waals surface area contributed by atoms with Crippen LogP contribution in [0.4, 0.5) is 0 Å². The SMILES string of the molecule is C=C(CCCCCCCC)C(=O)OCCCCCCC. The van der Waals surface area contributed by atoms with Crippen molar-refractivity contribution < 1.29 is 9.53 Å². The summed E-state index contributed by atoms with van der Waals surface area (Å²) in [5, 5.41) is 0. The molecular formula is C18H34O2. The van der Waals surface area contributed by atoms with Crippen molar-refractivity contribution in [2.24, 2.45) is 0 Å². The van der Waals surface area contributed by atoms with Gasteiger partial charge in [0.1, 0.15) is 0 Å². The number of carbonyl (C=O) groups excluding carboxylic acids is 1. The molecule has 0 saturated carbocycles. The molecule has 0 N–H and O–H groups in total. The number of carbonyl (C=O) groups is 1. The van der Waals surface area contributed by atoms with E-state index in [9.17, 15) is 4.79 Å². The van der Waals surface area contributed by atoms with Gasteiger partial charge in [-0.05, 0) is 19.3 Å². The molecule has 0 spiro atoms. The van der Waals surface area contributed by atoms with Crippen molar-refractivity contribution >= 4 is 5.97 Å². The highest BCUT2D eigenvalue weighted by Gasteiger charge is 2.07. The zero-order chi connectivity index (χ0) is 15.1. The maximum atomic E-state index is 11.7. The molecule has 0 atom stereocenters. The lowest BCUT2D eigenvalue weighted by molar-refractivity contribution is -0.139. The number of hydrogen-bond donors (Lipinski definition) is 0. The van der Waals surface area contributed by atoms with Crippen molar-refractivity contribution in [1.82, 2.24) is 0 Å². The van der Waals surface area contributed by atoms with Crippen LogP contribution in [-0.2, 0) is 9.53 Å². The van der Waals surface area contributed by atoms with E-state index in [1.165, 1.54) is 51.4 Å². The molecule has 0 aromatic carbocycles. The lowest BCUT2D eigenvalue weighted by Crippen LogP contribution is -2.08. The quantitative estimate of drug-likeness (QED) is 0.228. The standard InChI is InChI=1S/C18H34O2/c1-4-6-8-10-11-13-15-17(3)18(19)20-16-14-12-9-7-5-2/h3-16H2,1-2H3. The van der Waals surface area contributed by atoms with Crippen LogP contribution in [-0.4, -0.2) is 12.6 Å². The van der Waals surface area contributed by atoms with E-state index in [0.717, 1.165) is 25.7 Å². The molecule has 0 saturated heterocycles. The summed E-state index contributed by atoms with van der Waals surface area (Å²) < 4.78 is 5.24. The van der Waals surface area contributed by atoms with Gasteiger partial charge >= 0.3 is 5.97 Å². The van der Waals surface area contributed by atoms with Crippen molar-refractivity contribution in [3.63, 3.8) is 0 Å². The van der Waals surface area contributed by atoms with E-state index in [0.29, 0.717) is 12.2 Å². The summed E-state index contributed by atoms with van der Waals surface area (Å²) in [5.74, 6) is -0.186. The molecule has 0 aliphatic carbocycles. The minimum atomic E-state index is -0.186. The summed E-state index contributed by atoms with van der Waals surface area (Å²) >= 11 is 0. The molecule has 0 aliphatic rings. The summed E-state index contributed by atoms with van der Waals surface area (Å²) in [7, 11) is 0. The Morgan fingerprint density at radius 2 is 1.30 bits per heavy atom. The van der Waals surface area contributed by atoms with Gasteiger partial charge in [0.15, 0.2) is 0 Å². The number of rotatable bonds is 14. The summed E-state index contributed by atoms with van der Waals surface area (Å²) in [6, 6.07) is 0. The van der Waals surface area contributed by atoms with Gasteiger partial charge in [-0.2, -0.15) is 0 Å². The van der Waals surface area contributed by atoms with Gasteiger partial charge in [-0.1, -0.05) is 78.2 Å². The first-order valence-corrected chi connectivity index (χ1v) is 8.57. The molecule has 0 aromatic heterocycles. The third-order valence-electron chi connectivity index (χ3n) is 3.60. The van der Waals surface area contributed by atoms with Crippen molar-refractivity contribution in [1.29, 1.82) is 0 Å². The first-order valence-electron chi connectivity index (χ1n) is 8.57. The summed E-state index contributed by atoms with van der Waals surface area (Å²) in [5.41, 5.74) is 0.647. The fourth-order valence-electron chi connectivity index (χ4n) is 2.19. The fourth-order valence-corrected chi connectivity index (χ4v) is 2.19. The van der Waals surface area contributed by atoms with E-state index >= 15 is 0 Å². The number of unbranched alkanes of at least 4 members (excludes halogenated alkanes) is 9. The topological polar surface area (TPSA) is 26.3 Å². The fraction of sp³-hybridized carbons (Fsp3) is 0.833. The second kappa shape index (κ2) is 14.6. The lowest BCUT2D eigenvalue weighted by atomic mass is 10.1. The van der Waals surface area contributed by atoms with Gasteiger partial charge in [0.25, 0.3) is 0 Å². The predicted octanol–water partition coefficient (Wildman–Crippen LogP) is 5.81. The average Bonchev–Trinajstić information content (AvgIpc) is 2.45. The third-order valence-corrected chi connectivity index (χ3v) is 3.60. The van der Waals surface area contributed by atoms with Gasteiger partial charge in [-0.3, -0.25) is 0 Å². The Morgan fingerprint density at radius 3 is 1.90 bits per heavy atom. The van der Waals surface area contributed by atoms with Crippen LogP contribution >= 0.6 is 0 Å². The molecule has 0 rings (SSSR count). The highest BCUT2D eigenvalue weighted by atomic mass is 16.5. The van der Waals surface area contributed by atoms with Crippen molar-refractivity contribution in [2.45, 2.75) is 90.9 Å². The Bertz CT molecular complexity index is 220. The molecule has 0 heterocycles. The summed E-state index contributed by atoms with van der Waals surface area (Å²) in [4.78, 5) is 11.7. The highest BCUT2D eigenvalue weighted by Crippen LogP contribution is 2.12. The molecule has 118 valence electrons. The maximum Gasteiger partial charge on any atom is 0.333 e. The molecule has 2 nitrogen and oxygen atoms in total. The molecule has 0 unspecified atom stereocenters. The predicted molar refractivity (Wildman–Crippen MR) is 86.9 cm³/mol. The Labute approximate surface area is 126 Å². The van der Waals surface area contributed by atoms with Crippen LogP contribution in [0.25, 0.3) is 0 Å². The Hall–Kier alpha value is -0.790. The zero-order valence-electron chi connectivity index (χ0n) is 13.7. The number of ether oxygens (including phenoxy) is 1. The van der Waals surface area contributed by atoms with Crippen molar-refractivity contribution in [3.8, 4) is 0 Å². The second-order valence-corrected chi connectivity index (χ2v) is 5.67. The van der Waals surface area contributed by atoms with E-state index in [2.05, 4.69) is 20.4 Å². The molecular weight excluding hydrogens is 248 g/mol. The Morgan fingerprint density at radius 1 is 0.800 bits per heavy atom. The normalized spacial score (nSPS) is 10.5. The van der Waals surface area contributed by atoms with E-state index in [4.69, 9.17) is 4.74 Å². The molecule has 0 aromatic rings. The minimum Gasteiger partial charge on any atom is -0.462 e. The molecule has 0 radical (unpaired) electrons. The van der Waals surface area contributed by atoms with Gasteiger partial charge < -0.3 is 4.74 Å². The van der Waals surface area contributed by atoms with E-state index < -0.39 is 0 Å². The van der Waals surface area contributed by atoms with Gasteiger partial charge in [0.05, 0.1) is 6.61 Å². The molecule has 2 heteroatoms. The molecule has 0 aliphatic heterocycles. The minimum absolute atomic E-state index is 0.186. The zero-order valence-corrected chi connectivity index (χ0v) is 13.7. The van der Waals surface area contributed by atoms with E-state index in [1.807, 2.05) is 0 Å². The Kier molecular flexibility index (Phi) is 14.0. The van der Waals surface area contributed by atoms with Crippen LogP contribution in [0, 0.1) is 0 Å². The van der Waals surface area contributed by atoms with Crippen LogP contribution in [0.15, 0.2) is 12.2 Å². The van der Waals surface area contributed by atoms with Crippen LogP contribution in [0.3, 0.4) is 0 Å². The Balaban J connectivity index is 3.40. The second-order valence-electron chi connectivity index (χ2n) is 5.67. The third kappa shape index (κ3) is 12.3. The van der Waals surface area contributed by atoms with E-state index in [1.54, 1.807) is 0 Å². The number of hydrogen-bond acceptors (Lipinski definition) is 2. The highest BCUT2D eigenvalue weighted by molar-refractivity contribution is 5.87. The first kappa shape index (κ1) is 19.2. The van der Waals surface area contributed by atoms with Crippen molar-refractivity contribution in [3.05, 3.63) is 12.2 Å². The van der Waals surface area contributed by atoms with Crippen LogP contribution < -0.4 is 0 Å². The lowest BCUT2D eigenvalue weighted by Gasteiger charge is -2.07.